The monoisotopic (exact) mass is 364 g/mol. The van der Waals surface area contributed by atoms with Crippen LogP contribution in [-0.2, 0) is 4.79 Å². The largest absolute Gasteiger partial charge is 0.395 e. The minimum absolute atomic E-state index is 0.00226. The minimum Gasteiger partial charge on any atom is -0.395 e. The number of hydrogen-bond donors (Lipinski definition) is 1. The summed E-state index contributed by atoms with van der Waals surface area (Å²) in [6.45, 7) is 4.44. The van der Waals surface area contributed by atoms with Crippen LogP contribution in [0.3, 0.4) is 0 Å². The summed E-state index contributed by atoms with van der Waals surface area (Å²) in [5.41, 5.74) is 1.70. The molecule has 0 unspecified atom stereocenters. The van der Waals surface area contributed by atoms with Crippen LogP contribution in [0.15, 0.2) is 18.2 Å². The molecule has 2 fully saturated rings. The maximum absolute atomic E-state index is 12.8. The highest BCUT2D eigenvalue weighted by Gasteiger charge is 2.41. The molecule has 1 spiro atoms. The summed E-state index contributed by atoms with van der Waals surface area (Å²) in [7, 11) is 0. The van der Waals surface area contributed by atoms with Crippen molar-refractivity contribution in [3.63, 3.8) is 0 Å². The van der Waals surface area contributed by atoms with Gasteiger partial charge in [-0.2, -0.15) is 0 Å². The first kappa shape index (κ1) is 18.2. The van der Waals surface area contributed by atoms with Gasteiger partial charge in [0.2, 0.25) is 5.91 Å². The van der Waals surface area contributed by atoms with Gasteiger partial charge in [-0.3, -0.25) is 9.59 Å². The summed E-state index contributed by atoms with van der Waals surface area (Å²) in [6, 6.07) is 5.37. The van der Waals surface area contributed by atoms with Crippen LogP contribution in [0.25, 0.3) is 0 Å². The van der Waals surface area contributed by atoms with E-state index in [1.54, 1.807) is 17.0 Å². The third kappa shape index (κ3) is 3.82. The van der Waals surface area contributed by atoms with Gasteiger partial charge in [0.25, 0.3) is 5.91 Å². The number of aryl methyl sites for hydroxylation is 1. The molecule has 5 nitrogen and oxygen atoms in total. The average molecular weight is 365 g/mol. The maximum Gasteiger partial charge on any atom is 0.254 e. The average Bonchev–Trinajstić information content (AvgIpc) is 2.59. The summed E-state index contributed by atoms with van der Waals surface area (Å²) in [5.74, 6) is 0.193. The van der Waals surface area contributed by atoms with Gasteiger partial charge >= 0.3 is 0 Å². The molecule has 0 saturated carbocycles. The Hall–Kier alpha value is -1.59. The van der Waals surface area contributed by atoms with Crippen molar-refractivity contribution in [1.29, 1.82) is 0 Å². The molecule has 2 heterocycles. The fourth-order valence-electron chi connectivity index (χ4n) is 4.06. The Morgan fingerprint density at radius 2 is 2.00 bits per heavy atom. The van der Waals surface area contributed by atoms with Gasteiger partial charge in [-0.05, 0) is 55.4 Å². The van der Waals surface area contributed by atoms with Gasteiger partial charge in [-0.15, -0.1) is 0 Å². The third-order valence-electron chi connectivity index (χ3n) is 5.65. The molecule has 3 rings (SSSR count). The number of halogens is 1. The highest BCUT2D eigenvalue weighted by atomic mass is 35.5. The molecular weight excluding hydrogens is 340 g/mol. The Labute approximate surface area is 153 Å². The van der Waals surface area contributed by atoms with Crippen LogP contribution in [-0.4, -0.2) is 59.5 Å². The van der Waals surface area contributed by atoms with E-state index in [9.17, 15) is 9.59 Å². The lowest BCUT2D eigenvalue weighted by Gasteiger charge is -2.47. The lowest BCUT2D eigenvalue weighted by molar-refractivity contribution is -0.139. The highest BCUT2D eigenvalue weighted by molar-refractivity contribution is 6.30. The summed E-state index contributed by atoms with van der Waals surface area (Å²) >= 11 is 5.98. The van der Waals surface area contributed by atoms with Crippen molar-refractivity contribution in [2.75, 3.05) is 32.8 Å². The Bertz CT molecular complexity index is 669. The summed E-state index contributed by atoms with van der Waals surface area (Å²) in [6.07, 6.45) is 3.24. The van der Waals surface area contributed by atoms with Crippen molar-refractivity contribution in [1.82, 2.24) is 9.80 Å². The Balaban J connectivity index is 1.65. The molecule has 0 aliphatic carbocycles. The lowest BCUT2D eigenvalue weighted by Crippen LogP contribution is -2.52. The second-order valence-corrected chi connectivity index (χ2v) is 7.73. The SMILES string of the molecule is Cc1cc(Cl)ccc1C(=O)N1CCC2(CCC(=O)N(CCO)C2)CC1. The number of carbonyl (C=O) groups excluding carboxylic acids is 2. The summed E-state index contributed by atoms with van der Waals surface area (Å²) in [5, 5.41) is 9.79. The van der Waals surface area contributed by atoms with Gasteiger partial charge in [0, 0.05) is 43.2 Å². The Kier molecular flexibility index (Phi) is 5.35. The summed E-state index contributed by atoms with van der Waals surface area (Å²) in [4.78, 5) is 28.5. The van der Waals surface area contributed by atoms with Crippen LogP contribution in [0, 0.1) is 12.3 Å². The van der Waals surface area contributed by atoms with Crippen LogP contribution in [0.1, 0.15) is 41.6 Å². The number of carbonyl (C=O) groups is 2. The van der Waals surface area contributed by atoms with Crippen LogP contribution in [0.2, 0.25) is 5.02 Å². The molecule has 25 heavy (non-hydrogen) atoms. The first-order valence-electron chi connectivity index (χ1n) is 8.88. The van der Waals surface area contributed by atoms with Gasteiger partial charge in [-0.25, -0.2) is 0 Å². The standard InChI is InChI=1S/C19H25ClN2O3/c1-14-12-15(20)2-3-16(14)18(25)21-8-6-19(7-9-21)5-4-17(24)22(13-19)10-11-23/h2-3,12,23H,4-11,13H2,1H3. The first-order chi connectivity index (χ1) is 11.9. The number of aliphatic hydroxyl groups excluding tert-OH is 1. The number of nitrogens with zero attached hydrogens (tertiary/aromatic N) is 2. The van der Waals surface area contributed by atoms with Crippen LogP contribution in [0.4, 0.5) is 0 Å². The van der Waals surface area contributed by atoms with Gasteiger partial charge in [0.1, 0.15) is 0 Å². The van der Waals surface area contributed by atoms with Gasteiger partial charge in [0.15, 0.2) is 0 Å². The minimum atomic E-state index is 0.00226. The molecule has 1 aromatic carbocycles. The van der Waals surface area contributed by atoms with Crippen molar-refractivity contribution in [2.24, 2.45) is 5.41 Å². The molecule has 2 amide bonds. The van der Waals surface area contributed by atoms with E-state index in [0.717, 1.165) is 24.8 Å². The molecule has 2 saturated heterocycles. The molecule has 0 bridgehead atoms. The summed E-state index contributed by atoms with van der Waals surface area (Å²) < 4.78 is 0. The maximum atomic E-state index is 12.8. The van der Waals surface area contributed by atoms with Crippen LogP contribution < -0.4 is 0 Å². The zero-order valence-corrected chi connectivity index (χ0v) is 15.4. The number of rotatable bonds is 3. The number of β-amino-alcohol motifs (C(OH)–C–C–N with tert-alkyl or cyclic N) is 1. The predicted octanol–water partition coefficient (Wildman–Crippen LogP) is 2.49. The number of benzene rings is 1. The molecule has 1 N–H and O–H groups in total. The topological polar surface area (TPSA) is 60.9 Å². The van der Waals surface area contributed by atoms with E-state index < -0.39 is 0 Å². The fourth-order valence-corrected chi connectivity index (χ4v) is 4.28. The molecule has 0 aromatic heterocycles. The molecule has 1 aromatic rings. The van der Waals surface area contributed by atoms with Crippen molar-refractivity contribution < 1.29 is 14.7 Å². The van der Waals surface area contributed by atoms with E-state index in [4.69, 9.17) is 16.7 Å². The Morgan fingerprint density at radius 3 is 2.64 bits per heavy atom. The lowest BCUT2D eigenvalue weighted by atomic mass is 9.72. The normalized spacial score (nSPS) is 20.2. The van der Waals surface area contributed by atoms with E-state index in [0.29, 0.717) is 43.2 Å². The predicted molar refractivity (Wildman–Crippen MR) is 96.7 cm³/mol. The van der Waals surface area contributed by atoms with Crippen molar-refractivity contribution >= 4 is 23.4 Å². The number of amides is 2. The second kappa shape index (κ2) is 7.34. The number of likely N-dealkylation sites (tertiary alicyclic amines) is 2. The Morgan fingerprint density at radius 1 is 1.28 bits per heavy atom. The van der Waals surface area contributed by atoms with Gasteiger partial charge in [-0.1, -0.05) is 11.6 Å². The second-order valence-electron chi connectivity index (χ2n) is 7.29. The van der Waals surface area contributed by atoms with Crippen molar-refractivity contribution in [3.8, 4) is 0 Å². The third-order valence-corrected chi connectivity index (χ3v) is 5.88. The van der Waals surface area contributed by atoms with E-state index >= 15 is 0 Å². The van der Waals surface area contributed by atoms with Crippen molar-refractivity contribution in [2.45, 2.75) is 32.6 Å². The van der Waals surface area contributed by atoms with E-state index in [2.05, 4.69) is 0 Å². The molecule has 136 valence electrons. The molecule has 0 radical (unpaired) electrons. The number of aliphatic hydroxyl groups is 1. The molecule has 2 aliphatic rings. The number of piperidine rings is 2. The highest BCUT2D eigenvalue weighted by Crippen LogP contribution is 2.40. The molecule has 0 atom stereocenters. The van der Waals surface area contributed by atoms with E-state index in [1.165, 1.54) is 0 Å². The molecular formula is C19H25ClN2O3. The van der Waals surface area contributed by atoms with Crippen LogP contribution in [0.5, 0.6) is 0 Å². The first-order valence-corrected chi connectivity index (χ1v) is 9.26. The smallest absolute Gasteiger partial charge is 0.254 e. The van der Waals surface area contributed by atoms with Crippen LogP contribution >= 0.6 is 11.6 Å². The zero-order valence-electron chi connectivity index (χ0n) is 14.6. The number of hydrogen-bond acceptors (Lipinski definition) is 3. The quantitative estimate of drug-likeness (QED) is 0.896. The zero-order chi connectivity index (χ0) is 18.0. The molecule has 6 heteroatoms. The van der Waals surface area contributed by atoms with E-state index in [-0.39, 0.29) is 23.8 Å². The fraction of sp³-hybridized carbons (Fsp3) is 0.579. The van der Waals surface area contributed by atoms with Gasteiger partial charge < -0.3 is 14.9 Å². The molecule has 2 aliphatic heterocycles. The van der Waals surface area contributed by atoms with Gasteiger partial charge in [0.05, 0.1) is 6.61 Å². The van der Waals surface area contributed by atoms with E-state index in [1.807, 2.05) is 17.9 Å². The van der Waals surface area contributed by atoms with Crippen molar-refractivity contribution in [3.05, 3.63) is 34.3 Å².